The van der Waals surface area contributed by atoms with Crippen LogP contribution in [0.4, 0.5) is 0 Å². The van der Waals surface area contributed by atoms with E-state index in [0.717, 1.165) is 10.3 Å². The van der Waals surface area contributed by atoms with Gasteiger partial charge in [-0.25, -0.2) is 4.79 Å². The molecule has 1 aliphatic rings. The number of esters is 1. The lowest BCUT2D eigenvalue weighted by atomic mass is 10.1. The number of ether oxygens (including phenoxy) is 2. The molecule has 136 valence electrons. The predicted molar refractivity (Wildman–Crippen MR) is 105 cm³/mol. The van der Waals surface area contributed by atoms with Crippen LogP contribution in [0, 0.1) is 0 Å². The Kier molecular flexibility index (Phi) is 3.84. The van der Waals surface area contributed by atoms with Crippen molar-refractivity contribution >= 4 is 40.1 Å². The highest BCUT2D eigenvalue weighted by atomic mass is 32.1. The minimum absolute atomic E-state index is 0.108. The summed E-state index contributed by atoms with van der Waals surface area (Å²) in [6.45, 7) is 0. The van der Waals surface area contributed by atoms with Crippen LogP contribution < -0.4 is 9.47 Å². The normalized spacial score (nSPS) is 14.3. The van der Waals surface area contributed by atoms with Crippen LogP contribution in [0.15, 0.2) is 76.2 Å². The number of fused-ring (bicyclic) bond motifs is 2. The zero-order valence-corrected chi connectivity index (χ0v) is 15.2. The summed E-state index contributed by atoms with van der Waals surface area (Å²) in [6, 6.07) is 17.4. The summed E-state index contributed by atoms with van der Waals surface area (Å²) in [5.74, 6) is 0.181. The van der Waals surface area contributed by atoms with Gasteiger partial charge in [0.25, 0.3) is 0 Å². The van der Waals surface area contributed by atoms with E-state index in [1.54, 1.807) is 30.3 Å². The molecule has 0 saturated heterocycles. The summed E-state index contributed by atoms with van der Waals surface area (Å²) in [7, 11) is 0. The number of hydrogen-bond donors (Lipinski definition) is 0. The molecule has 6 heteroatoms. The monoisotopic (exact) mass is 388 g/mol. The Hall–Kier alpha value is -3.64. The molecular formula is C22H12O5S. The maximum absolute atomic E-state index is 12.5. The lowest BCUT2D eigenvalue weighted by Crippen LogP contribution is -2.07. The van der Waals surface area contributed by atoms with Gasteiger partial charge in [0.15, 0.2) is 5.76 Å². The number of thiophene rings is 1. The molecule has 4 aromatic rings. The van der Waals surface area contributed by atoms with E-state index in [0.29, 0.717) is 16.9 Å². The highest BCUT2D eigenvalue weighted by Crippen LogP contribution is 2.35. The van der Waals surface area contributed by atoms with Crippen LogP contribution in [-0.2, 0) is 0 Å². The SMILES string of the molecule is O=C(Oc1ccc2c(c1)O/C(=C\c1cccs1)C2=O)c1cc2ccccc2o1. The molecule has 3 heterocycles. The molecule has 0 spiro atoms. The molecule has 0 radical (unpaired) electrons. The first kappa shape index (κ1) is 16.5. The second kappa shape index (κ2) is 6.51. The molecule has 2 aromatic carbocycles. The van der Waals surface area contributed by atoms with Gasteiger partial charge in [0.2, 0.25) is 11.5 Å². The van der Waals surface area contributed by atoms with E-state index in [1.165, 1.54) is 17.4 Å². The van der Waals surface area contributed by atoms with Gasteiger partial charge < -0.3 is 13.9 Å². The third kappa shape index (κ3) is 2.90. The second-order valence-electron chi connectivity index (χ2n) is 6.15. The standard InChI is InChI=1S/C22H12O5S/c23-21-16-8-7-14(11-18(16)27-19(21)12-15-5-3-9-28-15)25-22(24)20-10-13-4-1-2-6-17(13)26-20/h1-12H/b19-12-. The van der Waals surface area contributed by atoms with Crippen LogP contribution in [-0.4, -0.2) is 11.8 Å². The summed E-state index contributed by atoms with van der Waals surface area (Å²) in [5, 5.41) is 2.75. The van der Waals surface area contributed by atoms with Crippen molar-refractivity contribution in [1.29, 1.82) is 0 Å². The van der Waals surface area contributed by atoms with Crippen LogP contribution in [0.2, 0.25) is 0 Å². The molecule has 5 nitrogen and oxygen atoms in total. The van der Waals surface area contributed by atoms with Gasteiger partial charge in [0.1, 0.15) is 17.1 Å². The van der Waals surface area contributed by atoms with Gasteiger partial charge in [-0.1, -0.05) is 24.3 Å². The molecule has 0 atom stereocenters. The molecule has 0 amide bonds. The molecule has 0 saturated carbocycles. The van der Waals surface area contributed by atoms with Crippen LogP contribution in [0.1, 0.15) is 25.8 Å². The van der Waals surface area contributed by atoms with Crippen molar-refractivity contribution < 1.29 is 23.5 Å². The number of furan rings is 1. The highest BCUT2D eigenvalue weighted by Gasteiger charge is 2.28. The quantitative estimate of drug-likeness (QED) is 0.270. The van der Waals surface area contributed by atoms with E-state index in [-0.39, 0.29) is 23.1 Å². The van der Waals surface area contributed by atoms with Gasteiger partial charge in [-0.2, -0.15) is 0 Å². The van der Waals surface area contributed by atoms with E-state index in [9.17, 15) is 9.59 Å². The van der Waals surface area contributed by atoms with Gasteiger partial charge in [-0.15, -0.1) is 11.3 Å². The smallest absolute Gasteiger partial charge is 0.379 e. The molecule has 1 aliphatic heterocycles. The van der Waals surface area contributed by atoms with Gasteiger partial charge in [0.05, 0.1) is 5.56 Å². The minimum atomic E-state index is -0.616. The number of rotatable bonds is 3. The Balaban J connectivity index is 1.38. The van der Waals surface area contributed by atoms with Crippen molar-refractivity contribution in [3.8, 4) is 11.5 Å². The summed E-state index contributed by atoms with van der Waals surface area (Å²) in [4.78, 5) is 25.8. The topological polar surface area (TPSA) is 65.7 Å². The minimum Gasteiger partial charge on any atom is -0.452 e. The van der Waals surface area contributed by atoms with Gasteiger partial charge in [-0.05, 0) is 35.7 Å². The Bertz CT molecular complexity index is 1210. The molecule has 0 fully saturated rings. The first-order valence-corrected chi connectivity index (χ1v) is 9.38. The average molecular weight is 388 g/mol. The Morgan fingerprint density at radius 1 is 1.04 bits per heavy atom. The van der Waals surface area contributed by atoms with E-state index in [2.05, 4.69) is 0 Å². The molecule has 0 aliphatic carbocycles. The zero-order chi connectivity index (χ0) is 19.1. The number of Topliss-reactive ketones (excluding diaryl/α,β-unsaturated/α-hetero) is 1. The molecule has 5 rings (SSSR count). The van der Waals surface area contributed by atoms with Crippen molar-refractivity contribution in [3.05, 3.63) is 88.0 Å². The van der Waals surface area contributed by atoms with Crippen molar-refractivity contribution in [1.82, 2.24) is 0 Å². The summed E-state index contributed by atoms with van der Waals surface area (Å²) < 4.78 is 16.6. The van der Waals surface area contributed by atoms with Crippen LogP contribution in [0.3, 0.4) is 0 Å². The number of hydrogen-bond acceptors (Lipinski definition) is 6. The third-order valence-corrected chi connectivity index (χ3v) is 5.11. The first-order chi connectivity index (χ1) is 13.7. The largest absolute Gasteiger partial charge is 0.452 e. The van der Waals surface area contributed by atoms with Gasteiger partial charge in [0, 0.05) is 22.4 Å². The number of benzene rings is 2. The maximum Gasteiger partial charge on any atom is 0.379 e. The Labute approximate surface area is 163 Å². The molecule has 0 bridgehead atoms. The van der Waals surface area contributed by atoms with Crippen molar-refractivity contribution in [2.45, 2.75) is 0 Å². The van der Waals surface area contributed by atoms with Gasteiger partial charge >= 0.3 is 5.97 Å². The summed E-state index contributed by atoms with van der Waals surface area (Å²) in [6.07, 6.45) is 1.70. The fourth-order valence-electron chi connectivity index (χ4n) is 2.97. The predicted octanol–water partition coefficient (Wildman–Crippen LogP) is 5.33. The maximum atomic E-state index is 12.5. The van der Waals surface area contributed by atoms with Crippen LogP contribution in [0.5, 0.6) is 11.5 Å². The molecule has 0 unspecified atom stereocenters. The fraction of sp³-hybridized carbons (Fsp3) is 0. The number of allylic oxidation sites excluding steroid dienone is 1. The first-order valence-electron chi connectivity index (χ1n) is 8.50. The lowest BCUT2D eigenvalue weighted by molar-refractivity contribution is 0.0703. The van der Waals surface area contributed by atoms with Crippen LogP contribution in [0.25, 0.3) is 17.0 Å². The molecule has 2 aromatic heterocycles. The number of ketones is 1. The third-order valence-electron chi connectivity index (χ3n) is 4.30. The molecular weight excluding hydrogens is 376 g/mol. The van der Waals surface area contributed by atoms with Crippen LogP contribution >= 0.6 is 11.3 Å². The Morgan fingerprint density at radius 3 is 2.75 bits per heavy atom. The summed E-state index contributed by atoms with van der Waals surface area (Å²) >= 11 is 1.51. The fourth-order valence-corrected chi connectivity index (χ4v) is 3.62. The zero-order valence-electron chi connectivity index (χ0n) is 14.4. The average Bonchev–Trinajstić information content (AvgIpc) is 3.42. The molecule has 0 N–H and O–H groups in total. The number of para-hydroxylation sites is 1. The summed E-state index contributed by atoms with van der Waals surface area (Å²) in [5.41, 5.74) is 1.05. The second-order valence-corrected chi connectivity index (χ2v) is 7.13. The van der Waals surface area contributed by atoms with E-state index >= 15 is 0 Å². The number of carbonyl (C=O) groups is 2. The van der Waals surface area contributed by atoms with Crippen molar-refractivity contribution in [2.24, 2.45) is 0 Å². The van der Waals surface area contributed by atoms with E-state index in [1.807, 2.05) is 35.7 Å². The van der Waals surface area contributed by atoms with Gasteiger partial charge in [-0.3, -0.25) is 4.79 Å². The molecule has 28 heavy (non-hydrogen) atoms. The highest BCUT2D eigenvalue weighted by molar-refractivity contribution is 7.10. The van der Waals surface area contributed by atoms with Crippen molar-refractivity contribution in [2.75, 3.05) is 0 Å². The van der Waals surface area contributed by atoms with E-state index in [4.69, 9.17) is 13.9 Å². The number of carbonyl (C=O) groups excluding carboxylic acids is 2. The lowest BCUT2D eigenvalue weighted by Gasteiger charge is -2.04. The Morgan fingerprint density at radius 2 is 1.93 bits per heavy atom. The van der Waals surface area contributed by atoms with Crippen molar-refractivity contribution in [3.63, 3.8) is 0 Å². The van der Waals surface area contributed by atoms with E-state index < -0.39 is 5.97 Å².